The van der Waals surface area contributed by atoms with Gasteiger partial charge in [-0.2, -0.15) is 5.10 Å². The summed E-state index contributed by atoms with van der Waals surface area (Å²) in [5.41, 5.74) is 8.16. The molecule has 0 saturated heterocycles. The van der Waals surface area contributed by atoms with Crippen molar-refractivity contribution >= 4 is 22.1 Å². The Bertz CT molecular complexity index is 1930. The highest BCUT2D eigenvalue weighted by atomic mass is 19.1. The second kappa shape index (κ2) is 9.50. The van der Waals surface area contributed by atoms with Gasteiger partial charge in [0.15, 0.2) is 11.5 Å². The van der Waals surface area contributed by atoms with Gasteiger partial charge in [-0.1, -0.05) is 54.6 Å². The number of H-pyrrole nitrogens is 2. The van der Waals surface area contributed by atoms with Crippen LogP contribution in [0.15, 0.2) is 103 Å². The molecule has 0 aliphatic carbocycles. The number of rotatable bonds is 6. The van der Waals surface area contributed by atoms with Crippen molar-refractivity contribution in [3.63, 3.8) is 0 Å². The fourth-order valence-electron chi connectivity index (χ4n) is 4.61. The minimum absolute atomic E-state index is 0.276. The van der Waals surface area contributed by atoms with E-state index in [-0.39, 0.29) is 5.82 Å². The van der Waals surface area contributed by atoms with Crippen molar-refractivity contribution in [1.29, 1.82) is 0 Å². The summed E-state index contributed by atoms with van der Waals surface area (Å²) in [5, 5.41) is 7.58. The third kappa shape index (κ3) is 4.38. The summed E-state index contributed by atoms with van der Waals surface area (Å²) in [6.45, 7) is 0.455. The van der Waals surface area contributed by atoms with E-state index in [1.165, 1.54) is 12.1 Å². The summed E-state index contributed by atoms with van der Waals surface area (Å²) in [5.74, 6) is 0.979. The van der Waals surface area contributed by atoms with Crippen molar-refractivity contribution in [2.75, 3.05) is 0 Å². The molecule has 0 aliphatic rings. The molecule has 0 unspecified atom stereocenters. The predicted octanol–water partition coefficient (Wildman–Crippen LogP) is 6.95. The third-order valence-corrected chi connectivity index (χ3v) is 6.56. The van der Waals surface area contributed by atoms with Gasteiger partial charge >= 0.3 is 0 Å². The number of ether oxygens (including phenoxy) is 1. The standard InChI is InChI=1S/C31H21FN6O/c32-22-11-9-20(10-12-22)24-7-4-8-26-28(24)36-31(35-26)30-29-27(37-38-30)14-13-25(34-29)21-15-23(17-33-16-21)39-18-19-5-2-1-3-6-19/h1-17H,18H2,(H,35,36)(H,37,38). The molecule has 4 aromatic heterocycles. The SMILES string of the molecule is Fc1ccc(-c2cccc3[nH]c(-c4n[nH]c5ccc(-c6cncc(OCc7ccccc7)c6)nc45)nc23)cc1. The van der Waals surface area contributed by atoms with Gasteiger partial charge < -0.3 is 9.72 Å². The lowest BCUT2D eigenvalue weighted by molar-refractivity contribution is 0.305. The van der Waals surface area contributed by atoms with Gasteiger partial charge in [0.1, 0.15) is 23.7 Å². The van der Waals surface area contributed by atoms with Crippen molar-refractivity contribution < 1.29 is 9.13 Å². The number of hydrogen-bond donors (Lipinski definition) is 2. The van der Waals surface area contributed by atoms with Crippen LogP contribution in [0.5, 0.6) is 5.75 Å². The molecule has 0 amide bonds. The molecule has 0 aliphatic heterocycles. The lowest BCUT2D eigenvalue weighted by Gasteiger charge is -2.08. The zero-order valence-corrected chi connectivity index (χ0v) is 20.6. The topological polar surface area (TPSA) is 92.4 Å². The fourth-order valence-corrected chi connectivity index (χ4v) is 4.61. The molecular formula is C31H21FN6O. The number of hydrogen-bond acceptors (Lipinski definition) is 5. The molecule has 0 fully saturated rings. The lowest BCUT2D eigenvalue weighted by atomic mass is 10.0. The Labute approximate surface area is 222 Å². The Morgan fingerprint density at radius 1 is 0.744 bits per heavy atom. The number of halogens is 1. The average molecular weight is 513 g/mol. The molecule has 4 heterocycles. The van der Waals surface area contributed by atoms with Gasteiger partial charge in [0.05, 0.1) is 28.4 Å². The third-order valence-electron chi connectivity index (χ3n) is 6.56. The van der Waals surface area contributed by atoms with Crippen LogP contribution in [0, 0.1) is 5.82 Å². The first kappa shape index (κ1) is 22.8. The van der Waals surface area contributed by atoms with E-state index < -0.39 is 0 Å². The van der Waals surface area contributed by atoms with E-state index in [0.29, 0.717) is 29.4 Å². The van der Waals surface area contributed by atoms with Crippen LogP contribution in [0.4, 0.5) is 4.39 Å². The summed E-state index contributed by atoms with van der Waals surface area (Å²) in [7, 11) is 0. The molecule has 3 aromatic carbocycles. The molecule has 0 atom stereocenters. The smallest absolute Gasteiger partial charge is 0.161 e. The number of fused-ring (bicyclic) bond motifs is 2. The van der Waals surface area contributed by atoms with Gasteiger partial charge in [-0.25, -0.2) is 14.4 Å². The summed E-state index contributed by atoms with van der Waals surface area (Å²) in [6.07, 6.45) is 3.46. The predicted molar refractivity (Wildman–Crippen MR) is 148 cm³/mol. The largest absolute Gasteiger partial charge is 0.487 e. The zero-order valence-electron chi connectivity index (χ0n) is 20.6. The molecule has 7 aromatic rings. The van der Waals surface area contributed by atoms with E-state index in [4.69, 9.17) is 14.7 Å². The van der Waals surface area contributed by atoms with Gasteiger partial charge in [-0.15, -0.1) is 0 Å². The van der Waals surface area contributed by atoms with Crippen molar-refractivity contribution in [3.05, 3.63) is 115 Å². The summed E-state index contributed by atoms with van der Waals surface area (Å²) >= 11 is 0. The van der Waals surface area contributed by atoms with Crippen LogP contribution >= 0.6 is 0 Å². The Morgan fingerprint density at radius 3 is 2.49 bits per heavy atom. The van der Waals surface area contributed by atoms with E-state index in [9.17, 15) is 4.39 Å². The zero-order chi connectivity index (χ0) is 26.2. The van der Waals surface area contributed by atoms with Gasteiger partial charge in [-0.05, 0) is 47.5 Å². The fraction of sp³-hybridized carbons (Fsp3) is 0.0323. The molecule has 0 bridgehead atoms. The highest BCUT2D eigenvalue weighted by molar-refractivity contribution is 5.96. The maximum Gasteiger partial charge on any atom is 0.161 e. The van der Waals surface area contributed by atoms with E-state index in [2.05, 4.69) is 20.2 Å². The second-order valence-electron chi connectivity index (χ2n) is 9.14. The number of nitrogens with zero attached hydrogens (tertiary/aromatic N) is 4. The number of aromatic amines is 2. The second-order valence-corrected chi connectivity index (χ2v) is 9.14. The van der Waals surface area contributed by atoms with Crippen LogP contribution in [0.1, 0.15) is 5.56 Å². The minimum Gasteiger partial charge on any atom is -0.487 e. The van der Waals surface area contributed by atoms with E-state index >= 15 is 0 Å². The van der Waals surface area contributed by atoms with Crippen molar-refractivity contribution in [2.45, 2.75) is 6.61 Å². The summed E-state index contributed by atoms with van der Waals surface area (Å²) in [6, 6.07) is 28.1. The summed E-state index contributed by atoms with van der Waals surface area (Å²) in [4.78, 5) is 17.5. The average Bonchev–Trinajstić information content (AvgIpc) is 3.61. The number of para-hydroxylation sites is 1. The van der Waals surface area contributed by atoms with E-state index in [0.717, 1.165) is 44.5 Å². The van der Waals surface area contributed by atoms with Crippen LogP contribution in [0.3, 0.4) is 0 Å². The normalized spacial score (nSPS) is 11.3. The molecule has 0 radical (unpaired) electrons. The van der Waals surface area contributed by atoms with Crippen LogP contribution in [-0.2, 0) is 6.61 Å². The van der Waals surface area contributed by atoms with Crippen molar-refractivity contribution in [2.24, 2.45) is 0 Å². The van der Waals surface area contributed by atoms with Crippen molar-refractivity contribution in [1.82, 2.24) is 30.1 Å². The molecule has 2 N–H and O–H groups in total. The Balaban J connectivity index is 1.24. The molecule has 0 saturated carbocycles. The van der Waals surface area contributed by atoms with E-state index in [1.807, 2.05) is 66.7 Å². The van der Waals surface area contributed by atoms with Crippen LogP contribution in [0.25, 0.3) is 56.0 Å². The first-order valence-electron chi connectivity index (χ1n) is 12.4. The molecule has 39 heavy (non-hydrogen) atoms. The first-order valence-corrected chi connectivity index (χ1v) is 12.4. The van der Waals surface area contributed by atoms with Gasteiger partial charge in [0, 0.05) is 17.3 Å². The number of aromatic nitrogens is 6. The number of nitrogens with one attached hydrogen (secondary N) is 2. The molecule has 7 nitrogen and oxygen atoms in total. The highest BCUT2D eigenvalue weighted by Gasteiger charge is 2.17. The monoisotopic (exact) mass is 512 g/mol. The van der Waals surface area contributed by atoms with Gasteiger partial charge in [0.2, 0.25) is 0 Å². The molecule has 0 spiro atoms. The van der Waals surface area contributed by atoms with Gasteiger partial charge in [-0.3, -0.25) is 10.1 Å². The maximum absolute atomic E-state index is 13.5. The van der Waals surface area contributed by atoms with Crippen LogP contribution in [0.2, 0.25) is 0 Å². The molecule has 8 heteroatoms. The van der Waals surface area contributed by atoms with Crippen molar-refractivity contribution in [3.8, 4) is 39.7 Å². The maximum atomic E-state index is 13.5. The number of imidazole rings is 1. The molecule has 188 valence electrons. The molecular weight excluding hydrogens is 491 g/mol. The lowest BCUT2D eigenvalue weighted by Crippen LogP contribution is -1.96. The Morgan fingerprint density at radius 2 is 1.62 bits per heavy atom. The van der Waals surface area contributed by atoms with Gasteiger partial charge in [0.25, 0.3) is 0 Å². The Hall–Kier alpha value is -5.37. The molecule has 7 rings (SSSR count). The van der Waals surface area contributed by atoms with E-state index in [1.54, 1.807) is 24.5 Å². The summed E-state index contributed by atoms with van der Waals surface area (Å²) < 4.78 is 19.5. The quantitative estimate of drug-likeness (QED) is 0.252. The highest BCUT2D eigenvalue weighted by Crippen LogP contribution is 2.32. The van der Waals surface area contributed by atoms with Crippen LogP contribution < -0.4 is 4.74 Å². The first-order chi connectivity index (χ1) is 19.2. The van der Waals surface area contributed by atoms with Crippen LogP contribution in [-0.4, -0.2) is 30.1 Å². The number of benzene rings is 3. The number of pyridine rings is 2. The minimum atomic E-state index is -0.276. The Kier molecular flexibility index (Phi) is 5.55.